The van der Waals surface area contributed by atoms with Gasteiger partial charge in [-0.3, -0.25) is 4.79 Å². The van der Waals surface area contributed by atoms with E-state index in [1.165, 1.54) is 11.3 Å². The average Bonchev–Trinajstić information content (AvgIpc) is 2.96. The van der Waals surface area contributed by atoms with Crippen molar-refractivity contribution in [3.05, 3.63) is 37.7 Å². The number of thiophene rings is 2. The van der Waals surface area contributed by atoms with E-state index in [9.17, 15) is 9.59 Å². The van der Waals surface area contributed by atoms with E-state index in [1.54, 1.807) is 12.3 Å². The molecule has 2 heterocycles. The summed E-state index contributed by atoms with van der Waals surface area (Å²) in [5.74, 6) is -1.26. The SMILES string of the molecule is CCc1ccsc1C(=O)Nc1c(C)csc1C(=O)O. The summed E-state index contributed by atoms with van der Waals surface area (Å²) >= 11 is 2.49. The van der Waals surface area contributed by atoms with Crippen molar-refractivity contribution in [2.75, 3.05) is 5.32 Å². The largest absolute Gasteiger partial charge is 0.477 e. The maximum Gasteiger partial charge on any atom is 0.348 e. The number of hydrogen-bond donors (Lipinski definition) is 2. The highest BCUT2D eigenvalue weighted by molar-refractivity contribution is 7.13. The van der Waals surface area contributed by atoms with Crippen LogP contribution in [0.1, 0.15) is 37.4 Å². The Morgan fingerprint density at radius 1 is 1.32 bits per heavy atom. The standard InChI is InChI=1S/C13H13NO3S2/c1-3-8-4-5-18-10(8)12(15)14-9-7(2)6-19-11(9)13(16)17/h4-6H,3H2,1-2H3,(H,14,15)(H,16,17). The number of rotatable bonds is 4. The van der Waals surface area contributed by atoms with E-state index in [4.69, 9.17) is 5.11 Å². The van der Waals surface area contributed by atoms with Crippen LogP contribution in [-0.4, -0.2) is 17.0 Å². The lowest BCUT2D eigenvalue weighted by Crippen LogP contribution is -2.14. The van der Waals surface area contributed by atoms with Crippen molar-refractivity contribution >= 4 is 40.2 Å². The van der Waals surface area contributed by atoms with Gasteiger partial charge in [-0.25, -0.2) is 4.79 Å². The molecule has 0 atom stereocenters. The molecule has 0 aliphatic rings. The van der Waals surface area contributed by atoms with E-state index in [-0.39, 0.29) is 10.8 Å². The smallest absolute Gasteiger partial charge is 0.348 e. The molecule has 0 spiro atoms. The highest BCUT2D eigenvalue weighted by atomic mass is 32.1. The molecule has 0 radical (unpaired) electrons. The summed E-state index contributed by atoms with van der Waals surface area (Å²) in [5, 5.41) is 15.4. The Hall–Kier alpha value is -1.66. The molecular weight excluding hydrogens is 282 g/mol. The van der Waals surface area contributed by atoms with Gasteiger partial charge in [0.25, 0.3) is 5.91 Å². The maximum absolute atomic E-state index is 12.2. The molecule has 19 heavy (non-hydrogen) atoms. The highest BCUT2D eigenvalue weighted by Gasteiger charge is 2.19. The van der Waals surface area contributed by atoms with Crippen LogP contribution < -0.4 is 5.32 Å². The Kier molecular flexibility index (Phi) is 4.01. The molecule has 6 heteroatoms. The molecule has 2 N–H and O–H groups in total. The number of anilines is 1. The number of aryl methyl sites for hydroxylation is 2. The number of carboxylic acids is 1. The molecule has 0 bridgehead atoms. The summed E-state index contributed by atoms with van der Waals surface area (Å²) in [4.78, 5) is 24.1. The Bertz CT molecular complexity index is 628. The van der Waals surface area contributed by atoms with Crippen LogP contribution in [-0.2, 0) is 6.42 Å². The summed E-state index contributed by atoms with van der Waals surface area (Å²) < 4.78 is 0. The summed E-state index contributed by atoms with van der Waals surface area (Å²) in [6.07, 6.45) is 0.778. The fourth-order valence-corrected chi connectivity index (χ4v) is 3.47. The van der Waals surface area contributed by atoms with Crippen LogP contribution in [0.4, 0.5) is 5.69 Å². The lowest BCUT2D eigenvalue weighted by molar-refractivity contribution is 0.0703. The van der Waals surface area contributed by atoms with Gasteiger partial charge in [0.2, 0.25) is 0 Å². The van der Waals surface area contributed by atoms with E-state index in [1.807, 2.05) is 18.4 Å². The average molecular weight is 295 g/mol. The van der Waals surface area contributed by atoms with Crippen LogP contribution in [0.15, 0.2) is 16.8 Å². The molecule has 0 saturated heterocycles. The van der Waals surface area contributed by atoms with Gasteiger partial charge in [0, 0.05) is 0 Å². The monoisotopic (exact) mass is 295 g/mol. The number of carbonyl (C=O) groups excluding carboxylic acids is 1. The molecule has 2 aromatic heterocycles. The van der Waals surface area contributed by atoms with Crippen LogP contribution in [0.5, 0.6) is 0 Å². The first-order valence-corrected chi connectivity index (χ1v) is 7.49. The summed E-state index contributed by atoms with van der Waals surface area (Å²) in [5.41, 5.74) is 2.15. The van der Waals surface area contributed by atoms with Gasteiger partial charge in [-0.15, -0.1) is 22.7 Å². The molecule has 0 aliphatic carbocycles. The van der Waals surface area contributed by atoms with E-state index in [0.717, 1.165) is 28.9 Å². The van der Waals surface area contributed by atoms with Gasteiger partial charge in [0.15, 0.2) is 0 Å². The Balaban J connectivity index is 2.29. The van der Waals surface area contributed by atoms with Gasteiger partial charge in [-0.2, -0.15) is 0 Å². The normalized spacial score (nSPS) is 10.4. The molecular formula is C13H13NO3S2. The van der Waals surface area contributed by atoms with Crippen molar-refractivity contribution in [3.63, 3.8) is 0 Å². The zero-order valence-corrected chi connectivity index (χ0v) is 12.2. The predicted octanol–water partition coefficient (Wildman–Crippen LogP) is 3.63. The van der Waals surface area contributed by atoms with Gasteiger partial charge in [0.05, 0.1) is 10.6 Å². The van der Waals surface area contributed by atoms with Gasteiger partial charge < -0.3 is 10.4 Å². The predicted molar refractivity (Wildman–Crippen MR) is 77.7 cm³/mol. The van der Waals surface area contributed by atoms with Crippen LogP contribution >= 0.6 is 22.7 Å². The van der Waals surface area contributed by atoms with Crippen LogP contribution in [0.2, 0.25) is 0 Å². The quantitative estimate of drug-likeness (QED) is 0.905. The number of carbonyl (C=O) groups is 2. The summed E-state index contributed by atoms with van der Waals surface area (Å²) in [6.45, 7) is 3.77. The first-order chi connectivity index (χ1) is 9.04. The molecule has 2 rings (SSSR count). The summed E-state index contributed by atoms with van der Waals surface area (Å²) in [7, 11) is 0. The minimum absolute atomic E-state index is 0.167. The Labute approximate surface area is 118 Å². The van der Waals surface area contributed by atoms with Crippen molar-refractivity contribution in [1.82, 2.24) is 0 Å². The van der Waals surface area contributed by atoms with Crippen molar-refractivity contribution in [1.29, 1.82) is 0 Å². The van der Waals surface area contributed by atoms with Crippen molar-refractivity contribution in [2.45, 2.75) is 20.3 Å². The van der Waals surface area contributed by atoms with Crippen molar-refractivity contribution < 1.29 is 14.7 Å². The number of carboxylic acid groups (broad SMARTS) is 1. The van der Waals surface area contributed by atoms with Crippen LogP contribution in [0.3, 0.4) is 0 Å². The second-order valence-corrected chi connectivity index (χ2v) is 5.81. The van der Waals surface area contributed by atoms with Gasteiger partial charge in [-0.1, -0.05) is 6.92 Å². The Morgan fingerprint density at radius 2 is 2.05 bits per heavy atom. The molecule has 4 nitrogen and oxygen atoms in total. The van der Waals surface area contributed by atoms with E-state index in [0.29, 0.717) is 10.6 Å². The second-order valence-electron chi connectivity index (χ2n) is 4.01. The zero-order valence-electron chi connectivity index (χ0n) is 10.5. The van der Waals surface area contributed by atoms with Crippen LogP contribution in [0.25, 0.3) is 0 Å². The molecule has 0 aromatic carbocycles. The van der Waals surface area contributed by atoms with Crippen molar-refractivity contribution in [3.8, 4) is 0 Å². The highest BCUT2D eigenvalue weighted by Crippen LogP contribution is 2.29. The van der Waals surface area contributed by atoms with Gasteiger partial charge in [-0.05, 0) is 41.3 Å². The fraction of sp³-hybridized carbons (Fsp3) is 0.231. The lowest BCUT2D eigenvalue weighted by Gasteiger charge is -2.06. The number of amides is 1. The van der Waals surface area contributed by atoms with E-state index in [2.05, 4.69) is 5.32 Å². The molecule has 2 aromatic rings. The molecule has 0 fully saturated rings. The first-order valence-electron chi connectivity index (χ1n) is 5.73. The number of aromatic carboxylic acids is 1. The van der Waals surface area contributed by atoms with Crippen LogP contribution in [0, 0.1) is 6.92 Å². The zero-order chi connectivity index (χ0) is 14.0. The molecule has 100 valence electrons. The topological polar surface area (TPSA) is 66.4 Å². The lowest BCUT2D eigenvalue weighted by atomic mass is 10.2. The van der Waals surface area contributed by atoms with E-state index >= 15 is 0 Å². The van der Waals surface area contributed by atoms with Gasteiger partial charge >= 0.3 is 5.97 Å². The molecule has 0 unspecified atom stereocenters. The third-order valence-electron chi connectivity index (χ3n) is 2.74. The number of nitrogens with one attached hydrogen (secondary N) is 1. The van der Waals surface area contributed by atoms with Crippen molar-refractivity contribution in [2.24, 2.45) is 0 Å². The number of hydrogen-bond acceptors (Lipinski definition) is 4. The summed E-state index contributed by atoms with van der Waals surface area (Å²) in [6, 6.07) is 1.91. The molecule has 1 amide bonds. The maximum atomic E-state index is 12.2. The second kappa shape index (κ2) is 5.54. The molecule has 0 saturated carbocycles. The van der Waals surface area contributed by atoms with Gasteiger partial charge in [0.1, 0.15) is 4.88 Å². The third-order valence-corrected chi connectivity index (χ3v) is 4.78. The minimum atomic E-state index is -1.02. The van der Waals surface area contributed by atoms with E-state index < -0.39 is 5.97 Å². The fourth-order valence-electron chi connectivity index (χ4n) is 1.74. The first kappa shape index (κ1) is 13.8. The molecule has 0 aliphatic heterocycles. The third kappa shape index (κ3) is 2.69. The minimum Gasteiger partial charge on any atom is -0.477 e. The Morgan fingerprint density at radius 3 is 2.68 bits per heavy atom.